The van der Waals surface area contributed by atoms with Crippen molar-refractivity contribution in [1.82, 2.24) is 15.2 Å². The predicted octanol–water partition coefficient (Wildman–Crippen LogP) is 2.23. The van der Waals surface area contributed by atoms with Crippen molar-refractivity contribution in [3.8, 4) is 0 Å². The van der Waals surface area contributed by atoms with Crippen LogP contribution in [0.25, 0.3) is 11.1 Å². The first kappa shape index (κ1) is 14.4. The van der Waals surface area contributed by atoms with E-state index < -0.39 is 0 Å². The number of H-pyrrole nitrogens is 1. The summed E-state index contributed by atoms with van der Waals surface area (Å²) < 4.78 is 5.39. The van der Waals surface area contributed by atoms with Gasteiger partial charge in [-0.15, -0.1) is 0 Å². The molecule has 1 aromatic heterocycles. The minimum atomic E-state index is -0.0959. The molecule has 7 heteroatoms. The number of hydrogen-bond acceptors (Lipinski definition) is 4. The molecule has 2 aliphatic rings. The Labute approximate surface area is 137 Å². The normalized spacial score (nSPS) is 24.3. The highest BCUT2D eigenvalue weighted by Gasteiger charge is 2.42. The number of aromatic amines is 1. The van der Waals surface area contributed by atoms with Crippen molar-refractivity contribution in [3.05, 3.63) is 28.6 Å². The van der Waals surface area contributed by atoms with Gasteiger partial charge in [0, 0.05) is 37.0 Å². The van der Waals surface area contributed by atoms with Crippen molar-refractivity contribution in [2.24, 2.45) is 5.41 Å². The Morgan fingerprint density at radius 3 is 3.04 bits per heavy atom. The first-order valence-electron chi connectivity index (χ1n) is 7.74. The maximum absolute atomic E-state index is 12.8. The van der Waals surface area contributed by atoms with Crippen LogP contribution in [-0.4, -0.2) is 41.3 Å². The molecule has 1 spiro atoms. The Morgan fingerprint density at radius 1 is 1.39 bits per heavy atom. The van der Waals surface area contributed by atoms with Gasteiger partial charge in [0.25, 0.3) is 10.7 Å². The highest BCUT2D eigenvalue weighted by Crippen LogP contribution is 2.36. The van der Waals surface area contributed by atoms with Crippen molar-refractivity contribution >= 4 is 35.1 Å². The quantitative estimate of drug-likeness (QED) is 0.786. The molecule has 0 radical (unpaired) electrons. The van der Waals surface area contributed by atoms with Crippen LogP contribution in [0.2, 0.25) is 0 Å². The number of aromatic nitrogens is 1. The summed E-state index contributed by atoms with van der Waals surface area (Å²) in [5, 5.41) is 2.90. The summed E-state index contributed by atoms with van der Waals surface area (Å²) in [6, 6.07) is 5.32. The van der Waals surface area contributed by atoms with Gasteiger partial charge in [-0.25, -0.2) is 0 Å². The lowest BCUT2D eigenvalue weighted by Crippen LogP contribution is -2.47. The minimum absolute atomic E-state index is 0.0207. The number of carbonyl (C=O) groups excluding carboxylic acids is 2. The predicted molar refractivity (Wildman–Crippen MR) is 86.6 cm³/mol. The second kappa shape index (κ2) is 5.19. The lowest BCUT2D eigenvalue weighted by atomic mass is 9.79. The monoisotopic (exact) mass is 331 g/mol. The second-order valence-electron chi connectivity index (χ2n) is 6.51. The Kier molecular flexibility index (Phi) is 3.26. The molecule has 0 unspecified atom stereocenters. The zero-order valence-corrected chi connectivity index (χ0v) is 13.4. The number of oxazole rings is 1. The summed E-state index contributed by atoms with van der Waals surface area (Å²) in [4.78, 5) is 29.5. The van der Waals surface area contributed by atoms with E-state index in [1.165, 1.54) is 0 Å². The third-order valence-electron chi connectivity index (χ3n) is 4.81. The van der Waals surface area contributed by atoms with E-state index >= 15 is 0 Å². The number of rotatable bonds is 1. The summed E-state index contributed by atoms with van der Waals surface area (Å²) in [5.41, 5.74) is 1.86. The van der Waals surface area contributed by atoms with Crippen LogP contribution in [0.4, 0.5) is 0 Å². The lowest BCUT2D eigenvalue weighted by Gasteiger charge is -2.39. The summed E-state index contributed by atoms with van der Waals surface area (Å²) in [5.74, 6) is 0.0671. The summed E-state index contributed by atoms with van der Waals surface area (Å²) in [6.07, 6.45) is 2.43. The fraction of sp³-hybridized carbons (Fsp3) is 0.438. The average Bonchev–Trinajstić information content (AvgIpc) is 3.07. The van der Waals surface area contributed by atoms with Crippen LogP contribution in [0.3, 0.4) is 0 Å². The SMILES string of the molecule is O=C1C[C@]2(CCCN(C(=O)c3ccc4[nH]c(=S)oc4c3)C2)CN1. The van der Waals surface area contributed by atoms with Crippen molar-refractivity contribution < 1.29 is 14.0 Å². The van der Waals surface area contributed by atoms with Crippen molar-refractivity contribution in [2.75, 3.05) is 19.6 Å². The van der Waals surface area contributed by atoms with Gasteiger partial charge in [-0.2, -0.15) is 0 Å². The minimum Gasteiger partial charge on any atom is -0.429 e. The zero-order chi connectivity index (χ0) is 16.0. The summed E-state index contributed by atoms with van der Waals surface area (Å²) in [6.45, 7) is 2.02. The van der Waals surface area contributed by atoms with Crippen molar-refractivity contribution in [3.63, 3.8) is 0 Å². The van der Waals surface area contributed by atoms with Gasteiger partial charge in [0.1, 0.15) is 0 Å². The van der Waals surface area contributed by atoms with Gasteiger partial charge in [-0.1, -0.05) is 0 Å². The van der Waals surface area contributed by atoms with Crippen LogP contribution in [0.5, 0.6) is 0 Å². The largest absolute Gasteiger partial charge is 0.429 e. The van der Waals surface area contributed by atoms with E-state index in [1.54, 1.807) is 12.1 Å². The Balaban J connectivity index is 1.59. The molecule has 2 saturated heterocycles. The van der Waals surface area contributed by atoms with Crippen LogP contribution >= 0.6 is 12.2 Å². The number of benzene rings is 1. The number of likely N-dealkylation sites (tertiary alicyclic amines) is 1. The van der Waals surface area contributed by atoms with E-state index in [9.17, 15) is 9.59 Å². The van der Waals surface area contributed by atoms with Crippen molar-refractivity contribution in [1.29, 1.82) is 0 Å². The fourth-order valence-corrected chi connectivity index (χ4v) is 3.88. The highest BCUT2D eigenvalue weighted by molar-refractivity contribution is 7.71. The average molecular weight is 331 g/mol. The first-order valence-corrected chi connectivity index (χ1v) is 8.14. The third kappa shape index (κ3) is 2.55. The second-order valence-corrected chi connectivity index (χ2v) is 6.88. The molecular formula is C16H17N3O3S. The molecule has 2 fully saturated rings. The van der Waals surface area contributed by atoms with E-state index in [2.05, 4.69) is 10.3 Å². The third-order valence-corrected chi connectivity index (χ3v) is 5.00. The van der Waals surface area contributed by atoms with Crippen LogP contribution in [-0.2, 0) is 4.79 Å². The van der Waals surface area contributed by atoms with E-state index in [4.69, 9.17) is 16.6 Å². The number of piperidine rings is 1. The number of nitrogens with zero attached hydrogens (tertiary/aromatic N) is 1. The molecule has 0 bridgehead atoms. The molecule has 0 saturated carbocycles. The smallest absolute Gasteiger partial charge is 0.266 e. The molecule has 2 amide bonds. The molecule has 2 aliphatic heterocycles. The van der Waals surface area contributed by atoms with Gasteiger partial charge in [-0.3, -0.25) is 9.59 Å². The number of fused-ring (bicyclic) bond motifs is 1. The van der Waals surface area contributed by atoms with E-state index in [0.29, 0.717) is 35.5 Å². The number of hydrogen-bond donors (Lipinski definition) is 2. The van der Waals surface area contributed by atoms with E-state index in [-0.39, 0.29) is 17.2 Å². The summed E-state index contributed by atoms with van der Waals surface area (Å²) in [7, 11) is 0. The van der Waals surface area contributed by atoms with Crippen LogP contribution < -0.4 is 5.32 Å². The summed E-state index contributed by atoms with van der Waals surface area (Å²) >= 11 is 4.97. The molecule has 1 aromatic carbocycles. The van der Waals surface area contributed by atoms with E-state index in [0.717, 1.165) is 24.9 Å². The Morgan fingerprint density at radius 2 is 2.26 bits per heavy atom. The molecule has 3 heterocycles. The zero-order valence-electron chi connectivity index (χ0n) is 12.6. The van der Waals surface area contributed by atoms with Gasteiger partial charge in [0.05, 0.1) is 5.52 Å². The molecule has 0 aliphatic carbocycles. The number of nitrogens with one attached hydrogen (secondary N) is 2. The molecule has 1 atom stereocenters. The molecule has 4 rings (SSSR count). The molecule has 120 valence electrons. The standard InChI is InChI=1S/C16H17N3O3S/c20-13-7-16(8-17-13)4-1-5-19(9-16)14(21)10-2-3-11-12(6-10)22-15(23)18-11/h2-3,6H,1,4-5,7-9H2,(H,17,20)(H,18,23)/t16-/m1/s1. The fourth-order valence-electron chi connectivity index (χ4n) is 3.68. The van der Waals surface area contributed by atoms with Gasteiger partial charge < -0.3 is 19.6 Å². The van der Waals surface area contributed by atoms with E-state index in [1.807, 2.05) is 11.0 Å². The van der Waals surface area contributed by atoms with Crippen molar-refractivity contribution in [2.45, 2.75) is 19.3 Å². The Hall–Kier alpha value is -2.15. The number of amides is 2. The Bertz CT molecular complexity index is 856. The van der Waals surface area contributed by atoms with Crippen LogP contribution in [0, 0.1) is 10.3 Å². The van der Waals surface area contributed by atoms with Crippen LogP contribution in [0.1, 0.15) is 29.6 Å². The van der Waals surface area contributed by atoms with Gasteiger partial charge in [0.2, 0.25) is 5.91 Å². The topological polar surface area (TPSA) is 78.3 Å². The maximum atomic E-state index is 12.8. The molecule has 2 N–H and O–H groups in total. The van der Waals surface area contributed by atoms with Crippen LogP contribution in [0.15, 0.2) is 22.6 Å². The van der Waals surface area contributed by atoms with Gasteiger partial charge in [-0.05, 0) is 43.3 Å². The molecule has 2 aromatic rings. The molecule has 6 nitrogen and oxygen atoms in total. The first-order chi connectivity index (χ1) is 11.0. The highest BCUT2D eigenvalue weighted by atomic mass is 32.1. The number of carbonyl (C=O) groups is 2. The lowest BCUT2D eigenvalue weighted by molar-refractivity contribution is -0.119. The van der Waals surface area contributed by atoms with Gasteiger partial charge in [0.15, 0.2) is 5.58 Å². The van der Waals surface area contributed by atoms with Gasteiger partial charge >= 0.3 is 0 Å². The maximum Gasteiger partial charge on any atom is 0.266 e. The molecule has 23 heavy (non-hydrogen) atoms. The molecular weight excluding hydrogens is 314 g/mol.